The maximum atomic E-state index is 12.7. The van der Waals surface area contributed by atoms with Gasteiger partial charge in [-0.15, -0.1) is 12.4 Å². The molecule has 1 unspecified atom stereocenters. The van der Waals surface area contributed by atoms with Crippen LogP contribution in [-0.2, 0) is 4.79 Å². The molecule has 1 saturated heterocycles. The van der Waals surface area contributed by atoms with Crippen LogP contribution in [0.2, 0.25) is 5.02 Å². The van der Waals surface area contributed by atoms with E-state index in [1.165, 1.54) is 4.90 Å². The molecular formula is C16H18Cl2N4O3. The van der Waals surface area contributed by atoms with Gasteiger partial charge in [0, 0.05) is 18.8 Å². The zero-order valence-corrected chi connectivity index (χ0v) is 15.3. The highest BCUT2D eigenvalue weighted by atomic mass is 35.5. The Balaban J connectivity index is 0.00000225. The number of carboxylic acids is 1. The number of hydrogen-bond donors (Lipinski definition) is 1. The Hall–Kier alpha value is -2.12. The molecule has 9 heteroatoms. The van der Waals surface area contributed by atoms with Crippen molar-refractivity contribution < 1.29 is 14.7 Å². The Kier molecular flexibility index (Phi) is 5.69. The van der Waals surface area contributed by atoms with E-state index in [-0.39, 0.29) is 35.6 Å². The predicted molar refractivity (Wildman–Crippen MR) is 94.7 cm³/mol. The summed E-state index contributed by atoms with van der Waals surface area (Å²) in [4.78, 5) is 29.6. The Bertz CT molecular complexity index is 822. The number of rotatable bonds is 3. The van der Waals surface area contributed by atoms with Crippen LogP contribution in [0.15, 0.2) is 18.2 Å². The van der Waals surface area contributed by atoms with Crippen molar-refractivity contribution in [2.45, 2.75) is 20.3 Å². The van der Waals surface area contributed by atoms with Crippen LogP contribution in [0.25, 0.3) is 5.82 Å². The van der Waals surface area contributed by atoms with Gasteiger partial charge in [0.25, 0.3) is 5.91 Å². The molecule has 2 aromatic heterocycles. The van der Waals surface area contributed by atoms with Gasteiger partial charge in [0.15, 0.2) is 5.82 Å². The number of aromatic nitrogens is 3. The number of pyridine rings is 1. The number of carbonyl (C=O) groups excluding carboxylic acids is 1. The summed E-state index contributed by atoms with van der Waals surface area (Å²) in [5.41, 5.74) is 1.86. The molecule has 3 heterocycles. The van der Waals surface area contributed by atoms with Crippen molar-refractivity contribution in [1.82, 2.24) is 19.7 Å². The molecule has 0 radical (unpaired) electrons. The van der Waals surface area contributed by atoms with Crippen LogP contribution in [0.3, 0.4) is 0 Å². The van der Waals surface area contributed by atoms with Gasteiger partial charge in [-0.1, -0.05) is 11.6 Å². The van der Waals surface area contributed by atoms with Crippen LogP contribution in [0.5, 0.6) is 0 Å². The lowest BCUT2D eigenvalue weighted by Gasteiger charge is -2.16. The van der Waals surface area contributed by atoms with Crippen LogP contribution < -0.4 is 0 Å². The summed E-state index contributed by atoms with van der Waals surface area (Å²) in [6.45, 7) is 4.34. The summed E-state index contributed by atoms with van der Waals surface area (Å²) in [5.74, 6) is -1.28. The Morgan fingerprint density at radius 1 is 1.32 bits per heavy atom. The lowest BCUT2D eigenvalue weighted by molar-refractivity contribution is -0.141. The van der Waals surface area contributed by atoms with E-state index in [4.69, 9.17) is 16.7 Å². The van der Waals surface area contributed by atoms with E-state index >= 15 is 0 Å². The Labute approximate surface area is 156 Å². The van der Waals surface area contributed by atoms with Gasteiger partial charge in [0.1, 0.15) is 5.69 Å². The van der Waals surface area contributed by atoms with Gasteiger partial charge in [-0.3, -0.25) is 9.59 Å². The monoisotopic (exact) mass is 384 g/mol. The number of carboxylic acid groups (broad SMARTS) is 1. The first kappa shape index (κ1) is 19.2. The van der Waals surface area contributed by atoms with Gasteiger partial charge in [-0.25, -0.2) is 9.67 Å². The minimum atomic E-state index is -0.888. The predicted octanol–water partition coefficient (Wildman–Crippen LogP) is 2.51. The molecule has 2 aromatic rings. The van der Waals surface area contributed by atoms with E-state index in [1.54, 1.807) is 16.8 Å². The molecule has 1 N–H and O–H groups in total. The molecule has 1 amide bonds. The lowest BCUT2D eigenvalue weighted by atomic mass is 10.1. The Morgan fingerprint density at radius 3 is 2.60 bits per heavy atom. The maximum absolute atomic E-state index is 12.7. The van der Waals surface area contributed by atoms with E-state index in [0.717, 1.165) is 11.4 Å². The summed E-state index contributed by atoms with van der Waals surface area (Å²) in [7, 11) is 0. The molecule has 0 aromatic carbocycles. The normalized spacial score (nSPS) is 16.6. The first-order valence-electron chi connectivity index (χ1n) is 7.59. The van der Waals surface area contributed by atoms with E-state index in [0.29, 0.717) is 18.8 Å². The third-order valence-corrected chi connectivity index (χ3v) is 4.39. The number of aryl methyl sites for hydroxylation is 2. The molecule has 1 atom stereocenters. The average molecular weight is 385 g/mol. The second-order valence-electron chi connectivity index (χ2n) is 5.91. The van der Waals surface area contributed by atoms with Crippen LogP contribution in [0.1, 0.15) is 28.3 Å². The fraction of sp³-hybridized carbons (Fsp3) is 0.375. The van der Waals surface area contributed by atoms with Crippen molar-refractivity contribution in [3.05, 3.63) is 40.3 Å². The van der Waals surface area contributed by atoms with Crippen molar-refractivity contribution in [1.29, 1.82) is 0 Å². The molecular weight excluding hydrogens is 367 g/mol. The van der Waals surface area contributed by atoms with E-state index < -0.39 is 11.9 Å². The molecule has 1 aliphatic rings. The van der Waals surface area contributed by atoms with Crippen LogP contribution in [0, 0.1) is 19.8 Å². The third kappa shape index (κ3) is 3.77. The van der Waals surface area contributed by atoms with Crippen molar-refractivity contribution in [3.8, 4) is 5.82 Å². The SMILES string of the molecule is Cc1cc(C)n(-c2ccc(Cl)c(C(=O)N3CCC(C(=O)O)C3)n2)n1.Cl. The fourth-order valence-electron chi connectivity index (χ4n) is 2.86. The zero-order chi connectivity index (χ0) is 17.4. The first-order chi connectivity index (χ1) is 11.4. The van der Waals surface area contributed by atoms with Crippen LogP contribution in [-0.4, -0.2) is 49.7 Å². The third-order valence-electron chi connectivity index (χ3n) is 4.09. The number of amides is 1. The van der Waals surface area contributed by atoms with Crippen molar-refractivity contribution in [2.75, 3.05) is 13.1 Å². The molecule has 7 nitrogen and oxygen atoms in total. The van der Waals surface area contributed by atoms with Crippen molar-refractivity contribution in [2.24, 2.45) is 5.92 Å². The fourth-order valence-corrected chi connectivity index (χ4v) is 3.04. The van der Waals surface area contributed by atoms with Crippen molar-refractivity contribution >= 4 is 35.9 Å². The van der Waals surface area contributed by atoms with E-state index in [1.807, 2.05) is 19.9 Å². The Morgan fingerprint density at radius 2 is 2.04 bits per heavy atom. The van der Waals surface area contributed by atoms with Gasteiger partial charge in [0.05, 0.1) is 16.6 Å². The first-order valence-corrected chi connectivity index (χ1v) is 7.97. The number of halogens is 2. The maximum Gasteiger partial charge on any atom is 0.308 e. The van der Waals surface area contributed by atoms with Crippen LogP contribution in [0.4, 0.5) is 0 Å². The summed E-state index contributed by atoms with van der Waals surface area (Å²) in [5, 5.41) is 13.7. The summed E-state index contributed by atoms with van der Waals surface area (Å²) in [6.07, 6.45) is 0.440. The minimum Gasteiger partial charge on any atom is -0.481 e. The summed E-state index contributed by atoms with van der Waals surface area (Å²) >= 11 is 6.14. The molecule has 0 aliphatic carbocycles. The molecule has 0 spiro atoms. The van der Waals surface area contributed by atoms with Crippen molar-refractivity contribution in [3.63, 3.8) is 0 Å². The average Bonchev–Trinajstić information content (AvgIpc) is 3.14. The lowest BCUT2D eigenvalue weighted by Crippen LogP contribution is -2.31. The molecule has 0 bridgehead atoms. The molecule has 0 saturated carbocycles. The van der Waals surface area contributed by atoms with Gasteiger partial charge < -0.3 is 10.0 Å². The number of nitrogens with zero attached hydrogens (tertiary/aromatic N) is 4. The second kappa shape index (κ2) is 7.41. The summed E-state index contributed by atoms with van der Waals surface area (Å²) in [6, 6.07) is 5.22. The highest BCUT2D eigenvalue weighted by molar-refractivity contribution is 6.33. The van der Waals surface area contributed by atoms with E-state index in [9.17, 15) is 9.59 Å². The number of likely N-dealkylation sites (tertiary alicyclic amines) is 1. The van der Waals surface area contributed by atoms with E-state index in [2.05, 4.69) is 10.1 Å². The minimum absolute atomic E-state index is 0. The van der Waals surface area contributed by atoms with Gasteiger partial charge in [-0.05, 0) is 38.5 Å². The van der Waals surface area contributed by atoms with Gasteiger partial charge >= 0.3 is 5.97 Å². The smallest absolute Gasteiger partial charge is 0.308 e. The quantitative estimate of drug-likeness (QED) is 0.877. The second-order valence-corrected chi connectivity index (χ2v) is 6.32. The van der Waals surface area contributed by atoms with Gasteiger partial charge in [-0.2, -0.15) is 5.10 Å². The molecule has 1 aliphatic heterocycles. The molecule has 25 heavy (non-hydrogen) atoms. The highest BCUT2D eigenvalue weighted by Gasteiger charge is 2.32. The standard InChI is InChI=1S/C16H17ClN4O3.ClH/c1-9-7-10(2)21(19-9)13-4-3-12(17)14(18-13)15(22)20-6-5-11(8-20)16(23)24;/h3-4,7,11H,5-6,8H2,1-2H3,(H,23,24);1H. The highest BCUT2D eigenvalue weighted by Crippen LogP contribution is 2.23. The topological polar surface area (TPSA) is 88.3 Å². The number of carbonyl (C=O) groups is 2. The number of aliphatic carboxylic acids is 1. The van der Waals surface area contributed by atoms with Gasteiger partial charge in [0.2, 0.25) is 0 Å². The van der Waals surface area contributed by atoms with Crippen LogP contribution >= 0.6 is 24.0 Å². The molecule has 1 fully saturated rings. The molecule has 3 rings (SSSR count). The molecule has 134 valence electrons. The zero-order valence-electron chi connectivity index (χ0n) is 13.8. The largest absolute Gasteiger partial charge is 0.481 e. The number of hydrogen-bond acceptors (Lipinski definition) is 4. The summed E-state index contributed by atoms with van der Waals surface area (Å²) < 4.78 is 1.65.